The molecule has 7 nitrogen and oxygen atoms in total. The van der Waals surface area contributed by atoms with E-state index in [0.717, 1.165) is 28.7 Å². The smallest absolute Gasteiger partial charge is 0.308 e. The van der Waals surface area contributed by atoms with Crippen LogP contribution in [-0.4, -0.2) is 27.5 Å². The van der Waals surface area contributed by atoms with E-state index >= 15 is 0 Å². The number of imide groups is 1. The molecule has 0 bridgehead atoms. The molecule has 1 fully saturated rings. The summed E-state index contributed by atoms with van der Waals surface area (Å²) in [5, 5.41) is 2.53. The minimum absolute atomic E-state index is 0.246. The molecule has 1 saturated heterocycles. The maximum absolute atomic E-state index is 13.8. The Kier molecular flexibility index (Phi) is 6.44. The number of halogens is 1. The third kappa shape index (κ3) is 4.39. The molecule has 3 amide bonds. The van der Waals surface area contributed by atoms with Crippen LogP contribution >= 0.6 is 23.1 Å². The van der Waals surface area contributed by atoms with Crippen LogP contribution in [0.25, 0.3) is 0 Å². The molecular formula is C29H22FN3O4S2. The average Bonchev–Trinajstić information content (AvgIpc) is 3.37. The lowest BCUT2D eigenvalue weighted by Gasteiger charge is -2.30. The molecule has 1 N–H and O–H groups in total. The Hall–Kier alpha value is -4.02. The first kappa shape index (κ1) is 25.3. The largest absolute Gasteiger partial charge is 0.324 e. The van der Waals surface area contributed by atoms with Crippen LogP contribution in [0.4, 0.5) is 15.8 Å². The molecule has 0 spiro atoms. The Bertz CT molecular complexity index is 1670. The van der Waals surface area contributed by atoms with E-state index in [0.29, 0.717) is 26.8 Å². The van der Waals surface area contributed by atoms with Crippen molar-refractivity contribution in [1.82, 2.24) is 4.57 Å². The van der Waals surface area contributed by atoms with Crippen molar-refractivity contribution in [3.8, 4) is 0 Å². The van der Waals surface area contributed by atoms with E-state index in [-0.39, 0.29) is 29.1 Å². The number of anilines is 2. The van der Waals surface area contributed by atoms with Gasteiger partial charge in [0.1, 0.15) is 17.6 Å². The van der Waals surface area contributed by atoms with E-state index in [1.54, 1.807) is 48.5 Å². The molecule has 2 aliphatic heterocycles. The van der Waals surface area contributed by atoms with Crippen LogP contribution in [0.15, 0.2) is 88.7 Å². The first-order valence-corrected chi connectivity index (χ1v) is 14.0. The number of nitrogens with one attached hydrogen (secondary N) is 1. The topological polar surface area (TPSA) is 88.5 Å². The number of aromatic nitrogens is 1. The summed E-state index contributed by atoms with van der Waals surface area (Å²) in [6, 6.07) is 21.8. The minimum Gasteiger partial charge on any atom is -0.324 e. The number of benzene rings is 3. The van der Waals surface area contributed by atoms with E-state index in [2.05, 4.69) is 5.32 Å². The van der Waals surface area contributed by atoms with Crippen LogP contribution in [0.3, 0.4) is 0 Å². The summed E-state index contributed by atoms with van der Waals surface area (Å²) in [5.74, 6) is -2.99. The van der Waals surface area contributed by atoms with E-state index < -0.39 is 22.9 Å². The van der Waals surface area contributed by atoms with Gasteiger partial charge in [-0.25, -0.2) is 9.29 Å². The maximum Gasteiger partial charge on any atom is 0.308 e. The number of nitrogens with zero attached hydrogens (tertiary/aromatic N) is 2. The van der Waals surface area contributed by atoms with Gasteiger partial charge in [-0.15, -0.1) is 0 Å². The van der Waals surface area contributed by atoms with Gasteiger partial charge in [0.05, 0.1) is 16.6 Å². The Morgan fingerprint density at radius 3 is 2.33 bits per heavy atom. The monoisotopic (exact) mass is 559 g/mol. The summed E-state index contributed by atoms with van der Waals surface area (Å²) >= 11 is 2.10. The highest BCUT2D eigenvalue weighted by molar-refractivity contribution is 8.00. The molecule has 3 atom stereocenters. The quantitative estimate of drug-likeness (QED) is 0.355. The lowest BCUT2D eigenvalue weighted by Crippen LogP contribution is -2.33. The molecule has 0 aliphatic carbocycles. The van der Waals surface area contributed by atoms with Crippen molar-refractivity contribution in [1.29, 1.82) is 0 Å². The van der Waals surface area contributed by atoms with Gasteiger partial charge in [-0.1, -0.05) is 71.6 Å². The molecule has 3 unspecified atom stereocenters. The second-order valence-electron chi connectivity index (χ2n) is 9.43. The van der Waals surface area contributed by atoms with E-state index in [1.165, 1.54) is 21.6 Å². The molecule has 10 heteroatoms. The second-order valence-corrected chi connectivity index (χ2v) is 11.6. The summed E-state index contributed by atoms with van der Waals surface area (Å²) in [6.45, 7) is 1.63. The predicted molar refractivity (Wildman–Crippen MR) is 149 cm³/mol. The van der Waals surface area contributed by atoms with Crippen molar-refractivity contribution < 1.29 is 18.8 Å². The standard InChI is InChI=1S/C29H22FN3O4S2/c1-16-7-5-6-10-20(16)31-21(34)15-32-28-25(39-29(32)37)22(17-11-13-18(30)14-12-17)23-24(38-28)27(36)33(26(23)35)19-8-3-2-4-9-19/h2-14,22-24H,15H2,1H3,(H,31,34). The Labute approximate surface area is 231 Å². The molecule has 2 aliphatic rings. The highest BCUT2D eigenvalue weighted by Gasteiger charge is 2.56. The molecular weight excluding hydrogens is 537 g/mol. The van der Waals surface area contributed by atoms with Gasteiger partial charge in [-0.2, -0.15) is 0 Å². The third-order valence-electron chi connectivity index (χ3n) is 7.01. The SMILES string of the molecule is Cc1ccccc1NC(=O)Cn1c2c(sc1=O)C(c1ccc(F)cc1)C1C(=O)N(c3ccccc3)C(=O)C1S2. The number of fused-ring (bicyclic) bond motifs is 2. The summed E-state index contributed by atoms with van der Waals surface area (Å²) in [7, 11) is 0. The fourth-order valence-corrected chi connectivity index (χ4v) is 7.94. The molecule has 196 valence electrons. The van der Waals surface area contributed by atoms with Crippen LogP contribution in [0.1, 0.15) is 21.9 Å². The van der Waals surface area contributed by atoms with Crippen molar-refractivity contribution in [3.63, 3.8) is 0 Å². The van der Waals surface area contributed by atoms with Crippen molar-refractivity contribution in [3.05, 3.63) is 110 Å². The molecule has 3 aromatic carbocycles. The maximum atomic E-state index is 13.8. The third-order valence-corrected chi connectivity index (χ3v) is 9.62. The highest BCUT2D eigenvalue weighted by atomic mass is 32.2. The fourth-order valence-electron chi connectivity index (χ4n) is 5.16. The van der Waals surface area contributed by atoms with Crippen molar-refractivity contribution in [2.45, 2.75) is 29.7 Å². The van der Waals surface area contributed by atoms with Gasteiger partial charge in [0, 0.05) is 16.5 Å². The van der Waals surface area contributed by atoms with Crippen LogP contribution in [0, 0.1) is 18.7 Å². The van der Waals surface area contributed by atoms with Gasteiger partial charge in [0.15, 0.2) is 0 Å². The zero-order valence-corrected chi connectivity index (χ0v) is 22.3. The summed E-state index contributed by atoms with van der Waals surface area (Å²) in [4.78, 5) is 55.1. The summed E-state index contributed by atoms with van der Waals surface area (Å²) < 4.78 is 15.2. The molecule has 39 heavy (non-hydrogen) atoms. The lowest BCUT2D eigenvalue weighted by atomic mass is 9.83. The Balaban J connectivity index is 1.42. The fraction of sp³-hybridized carbons (Fsp3) is 0.172. The normalized spacial score (nSPS) is 20.1. The number of thioether (sulfide) groups is 1. The molecule has 0 saturated carbocycles. The number of rotatable bonds is 5. The van der Waals surface area contributed by atoms with E-state index in [4.69, 9.17) is 0 Å². The average molecular weight is 560 g/mol. The number of para-hydroxylation sites is 2. The zero-order chi connectivity index (χ0) is 27.3. The van der Waals surface area contributed by atoms with E-state index in [9.17, 15) is 23.6 Å². The summed E-state index contributed by atoms with van der Waals surface area (Å²) in [6.07, 6.45) is 0. The first-order chi connectivity index (χ1) is 18.8. The van der Waals surface area contributed by atoms with Crippen LogP contribution < -0.4 is 15.1 Å². The minimum atomic E-state index is -0.806. The number of carbonyl (C=O) groups excluding carboxylic acids is 3. The number of hydrogen-bond acceptors (Lipinski definition) is 6. The zero-order valence-electron chi connectivity index (χ0n) is 20.7. The number of hydrogen-bond donors (Lipinski definition) is 1. The van der Waals surface area contributed by atoms with Gasteiger partial charge >= 0.3 is 4.87 Å². The first-order valence-electron chi connectivity index (χ1n) is 12.3. The predicted octanol–water partition coefficient (Wildman–Crippen LogP) is 4.79. The Morgan fingerprint density at radius 2 is 1.62 bits per heavy atom. The number of carbonyl (C=O) groups is 3. The van der Waals surface area contributed by atoms with E-state index in [1.807, 2.05) is 25.1 Å². The molecule has 4 aromatic rings. The molecule has 3 heterocycles. The number of thiazole rings is 1. The molecule has 0 radical (unpaired) electrons. The summed E-state index contributed by atoms with van der Waals surface area (Å²) in [5.41, 5.74) is 2.63. The van der Waals surface area contributed by atoms with Crippen LogP contribution in [0.5, 0.6) is 0 Å². The van der Waals surface area contributed by atoms with Crippen LogP contribution in [-0.2, 0) is 20.9 Å². The lowest BCUT2D eigenvalue weighted by molar-refractivity contribution is -0.122. The van der Waals surface area contributed by atoms with Gasteiger partial charge in [0.2, 0.25) is 17.7 Å². The van der Waals surface area contributed by atoms with Crippen molar-refractivity contribution in [2.75, 3.05) is 10.2 Å². The number of amides is 3. The molecule has 6 rings (SSSR count). The molecule has 1 aromatic heterocycles. The van der Waals surface area contributed by atoms with Crippen molar-refractivity contribution in [2.24, 2.45) is 5.92 Å². The van der Waals surface area contributed by atoms with Gasteiger partial charge in [0.25, 0.3) is 0 Å². The second kappa shape index (κ2) is 9.94. The highest BCUT2D eigenvalue weighted by Crippen LogP contribution is 2.53. The van der Waals surface area contributed by atoms with Gasteiger partial charge in [-0.3, -0.25) is 23.7 Å². The van der Waals surface area contributed by atoms with Gasteiger partial charge < -0.3 is 5.32 Å². The van der Waals surface area contributed by atoms with Gasteiger partial charge in [-0.05, 0) is 48.4 Å². The number of aryl methyl sites for hydroxylation is 1. The van der Waals surface area contributed by atoms with Crippen molar-refractivity contribution >= 4 is 52.2 Å². The van der Waals surface area contributed by atoms with Crippen LogP contribution in [0.2, 0.25) is 0 Å². The Morgan fingerprint density at radius 1 is 0.923 bits per heavy atom.